The summed E-state index contributed by atoms with van der Waals surface area (Å²) in [7, 11) is 0. The molecule has 0 atom stereocenters. The third kappa shape index (κ3) is 5.08. The van der Waals surface area contributed by atoms with Gasteiger partial charge in [0.15, 0.2) is 17.5 Å². The summed E-state index contributed by atoms with van der Waals surface area (Å²) in [5, 5.41) is 2.00. The second kappa shape index (κ2) is 11.8. The van der Waals surface area contributed by atoms with Crippen molar-refractivity contribution in [2.75, 3.05) is 6.61 Å². The molecule has 0 radical (unpaired) electrons. The van der Waals surface area contributed by atoms with E-state index in [1.807, 2.05) is 42.5 Å². The van der Waals surface area contributed by atoms with Crippen molar-refractivity contribution in [2.24, 2.45) is 0 Å². The van der Waals surface area contributed by atoms with Crippen molar-refractivity contribution in [3.05, 3.63) is 132 Å². The van der Waals surface area contributed by atoms with Gasteiger partial charge < -0.3 is 9.15 Å². The van der Waals surface area contributed by atoms with E-state index in [1.54, 1.807) is 0 Å². The SMILES string of the molecule is C=C1CCCCOc2ccc(-c3ccc4oc5cccc(-c6nc(-c7ccccc7)nc(-c7ccc8c(c7)CCC=C8)n6)c5c4c3)cc21. The molecule has 0 saturated carbocycles. The molecular formula is C43H33N3O2. The van der Waals surface area contributed by atoms with Crippen molar-refractivity contribution in [2.45, 2.75) is 32.1 Å². The molecule has 0 bridgehead atoms. The number of aromatic nitrogens is 3. The van der Waals surface area contributed by atoms with Gasteiger partial charge in [-0.25, -0.2) is 15.0 Å². The zero-order chi connectivity index (χ0) is 32.0. The molecule has 48 heavy (non-hydrogen) atoms. The lowest BCUT2D eigenvalue weighted by atomic mass is 9.94. The summed E-state index contributed by atoms with van der Waals surface area (Å²) in [6.07, 6.45) is 9.61. The van der Waals surface area contributed by atoms with Crippen LogP contribution in [0.25, 0.3) is 78.9 Å². The van der Waals surface area contributed by atoms with Crippen LogP contribution >= 0.6 is 0 Å². The third-order valence-electron chi connectivity index (χ3n) is 9.51. The second-order valence-electron chi connectivity index (χ2n) is 12.6. The normalized spacial score (nSPS) is 14.3. The standard InChI is InChI=1S/C43H33N3O2/c1-27-10-7-8-23-47-37-21-19-31(25-35(27)37)32-20-22-38-36(26-32)40-34(15-9-16-39(40)48-38)43-45-41(29-12-3-2-4-13-29)44-42(46-43)33-18-17-28-11-5-6-14-30(28)24-33/h2-5,9,11-13,15-22,24-26H,1,6-8,10,14,23H2. The van der Waals surface area contributed by atoms with Gasteiger partial charge in [0, 0.05) is 33.0 Å². The Bertz CT molecular complexity index is 2400. The first-order chi connectivity index (χ1) is 23.7. The van der Waals surface area contributed by atoms with Gasteiger partial charge in [-0.2, -0.15) is 0 Å². The lowest BCUT2D eigenvalue weighted by molar-refractivity contribution is 0.303. The van der Waals surface area contributed by atoms with Crippen LogP contribution in [0.2, 0.25) is 0 Å². The first-order valence-corrected chi connectivity index (χ1v) is 16.7. The number of allylic oxidation sites excluding steroid dienone is 2. The molecule has 2 aromatic heterocycles. The highest BCUT2D eigenvalue weighted by atomic mass is 16.5. The predicted molar refractivity (Wildman–Crippen MR) is 195 cm³/mol. The first kappa shape index (κ1) is 28.4. The minimum absolute atomic E-state index is 0.615. The predicted octanol–water partition coefficient (Wildman–Crippen LogP) is 11.0. The second-order valence-corrected chi connectivity index (χ2v) is 12.6. The molecule has 2 aliphatic rings. The Kier molecular flexibility index (Phi) is 6.97. The monoisotopic (exact) mass is 623 g/mol. The van der Waals surface area contributed by atoms with Gasteiger partial charge in [-0.3, -0.25) is 0 Å². The van der Waals surface area contributed by atoms with Crippen LogP contribution in [0.3, 0.4) is 0 Å². The van der Waals surface area contributed by atoms with Crippen molar-refractivity contribution in [1.82, 2.24) is 15.0 Å². The van der Waals surface area contributed by atoms with E-state index in [4.69, 9.17) is 24.1 Å². The molecule has 0 unspecified atom stereocenters. The Balaban J connectivity index is 1.21. The fraction of sp³-hybridized carbons (Fsp3) is 0.140. The molecule has 0 fully saturated rings. The fourth-order valence-electron chi connectivity index (χ4n) is 6.98. The van der Waals surface area contributed by atoms with Gasteiger partial charge in [-0.1, -0.05) is 85.5 Å². The van der Waals surface area contributed by atoms with Gasteiger partial charge in [0.05, 0.1) is 6.61 Å². The van der Waals surface area contributed by atoms with E-state index >= 15 is 0 Å². The summed E-state index contributed by atoms with van der Waals surface area (Å²) >= 11 is 0. The highest BCUT2D eigenvalue weighted by Crippen LogP contribution is 2.40. The van der Waals surface area contributed by atoms with Crippen LogP contribution in [0.15, 0.2) is 120 Å². The van der Waals surface area contributed by atoms with Gasteiger partial charge in [0.25, 0.3) is 0 Å². The van der Waals surface area contributed by atoms with Crippen molar-refractivity contribution >= 4 is 33.6 Å². The number of furan rings is 1. The molecule has 5 aromatic carbocycles. The largest absolute Gasteiger partial charge is 0.493 e. The van der Waals surface area contributed by atoms with E-state index < -0.39 is 0 Å². The molecule has 3 heterocycles. The lowest BCUT2D eigenvalue weighted by Gasteiger charge is -2.18. The molecule has 0 amide bonds. The molecule has 0 saturated heterocycles. The molecule has 7 aromatic rings. The Morgan fingerprint density at radius 1 is 0.604 bits per heavy atom. The van der Waals surface area contributed by atoms with Crippen molar-refractivity contribution < 1.29 is 9.15 Å². The number of hydrogen-bond acceptors (Lipinski definition) is 5. The molecule has 232 valence electrons. The zero-order valence-corrected chi connectivity index (χ0v) is 26.6. The minimum atomic E-state index is 0.615. The van der Waals surface area contributed by atoms with Gasteiger partial charge in [0.1, 0.15) is 16.9 Å². The number of fused-ring (bicyclic) bond motifs is 5. The molecule has 0 N–H and O–H groups in total. The zero-order valence-electron chi connectivity index (χ0n) is 26.6. The van der Waals surface area contributed by atoms with E-state index in [2.05, 4.69) is 79.4 Å². The molecule has 9 rings (SSSR count). The van der Waals surface area contributed by atoms with E-state index in [0.29, 0.717) is 17.5 Å². The summed E-state index contributed by atoms with van der Waals surface area (Å²) in [5.41, 5.74) is 11.5. The molecule has 5 nitrogen and oxygen atoms in total. The highest BCUT2D eigenvalue weighted by molar-refractivity contribution is 6.12. The van der Waals surface area contributed by atoms with Crippen molar-refractivity contribution in [3.63, 3.8) is 0 Å². The molecule has 0 spiro atoms. The third-order valence-corrected chi connectivity index (χ3v) is 9.51. The summed E-state index contributed by atoms with van der Waals surface area (Å²) < 4.78 is 12.5. The van der Waals surface area contributed by atoms with Crippen LogP contribution in [0, 0.1) is 0 Å². The van der Waals surface area contributed by atoms with E-state index in [-0.39, 0.29) is 0 Å². The van der Waals surface area contributed by atoms with E-state index in [1.165, 1.54) is 11.1 Å². The Morgan fingerprint density at radius 3 is 2.33 bits per heavy atom. The Hall–Kier alpha value is -5.81. The van der Waals surface area contributed by atoms with E-state index in [0.717, 1.165) is 105 Å². The fourth-order valence-corrected chi connectivity index (χ4v) is 6.98. The van der Waals surface area contributed by atoms with Crippen LogP contribution in [-0.4, -0.2) is 21.6 Å². The number of benzene rings is 5. The average Bonchev–Trinajstić information content (AvgIpc) is 3.52. The van der Waals surface area contributed by atoms with Crippen molar-refractivity contribution in [1.29, 1.82) is 0 Å². The maximum Gasteiger partial charge on any atom is 0.164 e. The number of hydrogen-bond donors (Lipinski definition) is 0. The maximum atomic E-state index is 6.42. The average molecular weight is 624 g/mol. The molecule has 1 aliphatic heterocycles. The van der Waals surface area contributed by atoms with Gasteiger partial charge >= 0.3 is 0 Å². The van der Waals surface area contributed by atoms with Crippen LogP contribution in [0.5, 0.6) is 5.75 Å². The number of nitrogens with zero attached hydrogens (tertiary/aromatic N) is 3. The van der Waals surface area contributed by atoms with Crippen LogP contribution in [0.1, 0.15) is 42.4 Å². The smallest absolute Gasteiger partial charge is 0.164 e. The van der Waals surface area contributed by atoms with Crippen LogP contribution < -0.4 is 4.74 Å². The van der Waals surface area contributed by atoms with E-state index in [9.17, 15) is 0 Å². The summed E-state index contributed by atoms with van der Waals surface area (Å²) in [5.74, 6) is 2.83. The van der Waals surface area contributed by atoms with Gasteiger partial charge in [-0.05, 0) is 96.3 Å². The summed E-state index contributed by atoms with van der Waals surface area (Å²) in [6.45, 7) is 5.12. The minimum Gasteiger partial charge on any atom is -0.493 e. The quantitative estimate of drug-likeness (QED) is 0.195. The van der Waals surface area contributed by atoms with Crippen LogP contribution in [0.4, 0.5) is 0 Å². The van der Waals surface area contributed by atoms with Gasteiger partial charge in [-0.15, -0.1) is 0 Å². The highest BCUT2D eigenvalue weighted by Gasteiger charge is 2.20. The molecular weight excluding hydrogens is 590 g/mol. The number of ether oxygens (including phenoxy) is 1. The number of aryl methyl sites for hydroxylation is 1. The molecule has 5 heteroatoms. The molecule has 1 aliphatic carbocycles. The van der Waals surface area contributed by atoms with Crippen LogP contribution in [-0.2, 0) is 6.42 Å². The topological polar surface area (TPSA) is 61.0 Å². The summed E-state index contributed by atoms with van der Waals surface area (Å²) in [6, 6.07) is 35.6. The van der Waals surface area contributed by atoms with Crippen molar-refractivity contribution in [3.8, 4) is 51.0 Å². The Morgan fingerprint density at radius 2 is 1.42 bits per heavy atom. The lowest BCUT2D eigenvalue weighted by Crippen LogP contribution is -2.03. The first-order valence-electron chi connectivity index (χ1n) is 16.7. The Labute approximate surface area is 279 Å². The summed E-state index contributed by atoms with van der Waals surface area (Å²) in [4.78, 5) is 15.2. The van der Waals surface area contributed by atoms with Gasteiger partial charge in [0.2, 0.25) is 0 Å². The maximum absolute atomic E-state index is 6.42. The number of rotatable bonds is 4.